The second kappa shape index (κ2) is 5.01. The van der Waals surface area contributed by atoms with Crippen molar-refractivity contribution in [2.75, 3.05) is 5.32 Å². The number of aromatic carboxylic acids is 1. The van der Waals surface area contributed by atoms with Crippen LogP contribution < -0.4 is 5.32 Å². The number of benzene rings is 1. The van der Waals surface area contributed by atoms with Crippen LogP contribution in [0.15, 0.2) is 24.3 Å². The van der Waals surface area contributed by atoms with Crippen LogP contribution in [-0.2, 0) is 11.2 Å². The van der Waals surface area contributed by atoms with Crippen molar-refractivity contribution < 1.29 is 14.7 Å². The van der Waals surface area contributed by atoms with Crippen LogP contribution in [0.25, 0.3) is 0 Å². The van der Waals surface area contributed by atoms with Crippen LogP contribution in [0.1, 0.15) is 41.1 Å². The lowest BCUT2D eigenvalue weighted by atomic mass is 10.00. The van der Waals surface area contributed by atoms with E-state index >= 15 is 0 Å². The van der Waals surface area contributed by atoms with Gasteiger partial charge in [-0.3, -0.25) is 14.7 Å². The van der Waals surface area contributed by atoms with Crippen molar-refractivity contribution in [1.82, 2.24) is 14.8 Å². The number of fused-ring (bicyclic) bond motifs is 1. The predicted molar refractivity (Wildman–Crippen MR) is 74.2 cm³/mol. The SMILES string of the molecule is CCc1nnc2n1C(c1ccc(C(=O)O)cc1)CC(=O)N2. The van der Waals surface area contributed by atoms with Gasteiger partial charge in [0, 0.05) is 6.42 Å². The van der Waals surface area contributed by atoms with E-state index in [9.17, 15) is 9.59 Å². The third-order valence-electron chi connectivity index (χ3n) is 3.57. The molecule has 1 amide bonds. The molecule has 21 heavy (non-hydrogen) atoms. The van der Waals surface area contributed by atoms with Gasteiger partial charge in [0.05, 0.1) is 18.0 Å². The van der Waals surface area contributed by atoms with E-state index in [4.69, 9.17) is 5.11 Å². The molecule has 2 heterocycles. The van der Waals surface area contributed by atoms with E-state index in [0.29, 0.717) is 12.4 Å². The van der Waals surface area contributed by atoms with Crippen LogP contribution in [0.3, 0.4) is 0 Å². The minimum absolute atomic E-state index is 0.120. The second-order valence-corrected chi connectivity index (χ2v) is 4.86. The molecule has 1 aliphatic rings. The highest BCUT2D eigenvalue weighted by atomic mass is 16.4. The molecule has 0 aliphatic carbocycles. The molecule has 108 valence electrons. The minimum atomic E-state index is -0.970. The van der Waals surface area contributed by atoms with Gasteiger partial charge in [0.25, 0.3) is 0 Å². The number of anilines is 1. The number of carboxylic acid groups (broad SMARTS) is 1. The molecule has 1 aliphatic heterocycles. The number of carbonyl (C=O) groups excluding carboxylic acids is 1. The van der Waals surface area contributed by atoms with Crippen molar-refractivity contribution >= 4 is 17.8 Å². The molecule has 0 saturated heterocycles. The van der Waals surface area contributed by atoms with Crippen molar-refractivity contribution in [3.05, 3.63) is 41.2 Å². The van der Waals surface area contributed by atoms with Crippen molar-refractivity contribution in [3.63, 3.8) is 0 Å². The average Bonchev–Trinajstić information content (AvgIpc) is 2.89. The Balaban J connectivity index is 2.04. The van der Waals surface area contributed by atoms with Crippen LogP contribution in [0, 0.1) is 0 Å². The molecule has 2 aromatic rings. The lowest BCUT2D eigenvalue weighted by molar-refractivity contribution is -0.117. The number of nitrogens with zero attached hydrogens (tertiary/aromatic N) is 3. The number of amides is 1. The lowest BCUT2D eigenvalue weighted by Gasteiger charge is -2.26. The Bertz CT molecular complexity index is 706. The summed E-state index contributed by atoms with van der Waals surface area (Å²) < 4.78 is 1.90. The first kappa shape index (κ1) is 13.3. The van der Waals surface area contributed by atoms with Crippen LogP contribution >= 0.6 is 0 Å². The summed E-state index contributed by atoms with van der Waals surface area (Å²) in [5.41, 5.74) is 1.09. The fourth-order valence-electron chi connectivity index (χ4n) is 2.53. The molecular weight excluding hydrogens is 272 g/mol. The zero-order chi connectivity index (χ0) is 15.0. The molecule has 1 atom stereocenters. The van der Waals surface area contributed by atoms with E-state index in [-0.39, 0.29) is 23.9 Å². The van der Waals surface area contributed by atoms with E-state index < -0.39 is 5.97 Å². The number of carboxylic acids is 1. The highest BCUT2D eigenvalue weighted by Gasteiger charge is 2.29. The van der Waals surface area contributed by atoms with Gasteiger partial charge in [0.1, 0.15) is 5.82 Å². The molecule has 0 radical (unpaired) electrons. The summed E-state index contributed by atoms with van der Waals surface area (Å²) in [5, 5.41) is 19.7. The fraction of sp³-hybridized carbons (Fsp3) is 0.286. The number of carbonyl (C=O) groups is 2. The van der Waals surface area contributed by atoms with E-state index in [1.165, 1.54) is 0 Å². The quantitative estimate of drug-likeness (QED) is 0.890. The molecule has 7 nitrogen and oxygen atoms in total. The van der Waals surface area contributed by atoms with Gasteiger partial charge in [-0.1, -0.05) is 19.1 Å². The Morgan fingerprint density at radius 3 is 2.71 bits per heavy atom. The van der Waals surface area contributed by atoms with Crippen LogP contribution in [0.5, 0.6) is 0 Å². The van der Waals surface area contributed by atoms with Gasteiger partial charge in [-0.2, -0.15) is 0 Å². The normalized spacial score (nSPS) is 17.2. The average molecular weight is 286 g/mol. The van der Waals surface area contributed by atoms with Crippen LogP contribution in [0.2, 0.25) is 0 Å². The topological polar surface area (TPSA) is 97.1 Å². The van der Waals surface area contributed by atoms with Gasteiger partial charge in [0.2, 0.25) is 11.9 Å². The van der Waals surface area contributed by atoms with Crippen molar-refractivity contribution in [2.45, 2.75) is 25.8 Å². The maximum Gasteiger partial charge on any atom is 0.335 e. The summed E-state index contributed by atoms with van der Waals surface area (Å²) in [5.74, 6) is 0.139. The minimum Gasteiger partial charge on any atom is -0.478 e. The zero-order valence-electron chi connectivity index (χ0n) is 11.4. The van der Waals surface area contributed by atoms with E-state index in [2.05, 4.69) is 15.5 Å². The molecule has 7 heteroatoms. The molecule has 0 fully saturated rings. The highest BCUT2D eigenvalue weighted by Crippen LogP contribution is 2.31. The van der Waals surface area contributed by atoms with E-state index in [1.807, 2.05) is 11.5 Å². The standard InChI is InChI=1S/C14H14N4O3/c1-2-11-16-17-14-15-12(19)7-10(18(11)14)8-3-5-9(6-4-8)13(20)21/h3-6,10H,2,7H2,1H3,(H,20,21)(H,15,17,19). The smallest absolute Gasteiger partial charge is 0.335 e. The number of aromatic nitrogens is 3. The monoisotopic (exact) mass is 286 g/mol. The summed E-state index contributed by atoms with van der Waals surface area (Å²) in [6.07, 6.45) is 0.983. The van der Waals surface area contributed by atoms with E-state index in [1.54, 1.807) is 24.3 Å². The number of hydrogen-bond donors (Lipinski definition) is 2. The molecule has 3 rings (SSSR count). The number of rotatable bonds is 3. The Morgan fingerprint density at radius 1 is 1.38 bits per heavy atom. The predicted octanol–water partition coefficient (Wildman–Crippen LogP) is 1.47. The summed E-state index contributed by atoms with van der Waals surface area (Å²) >= 11 is 0. The Labute approximate surface area is 120 Å². The first-order valence-electron chi connectivity index (χ1n) is 6.67. The summed E-state index contributed by atoms with van der Waals surface area (Å²) in [6.45, 7) is 1.97. The second-order valence-electron chi connectivity index (χ2n) is 4.86. The maximum atomic E-state index is 11.8. The van der Waals surface area contributed by atoms with Crippen molar-refractivity contribution in [1.29, 1.82) is 0 Å². The maximum absolute atomic E-state index is 11.8. The lowest BCUT2D eigenvalue weighted by Crippen LogP contribution is -2.29. The van der Waals surface area contributed by atoms with Crippen molar-refractivity contribution in [2.24, 2.45) is 0 Å². The summed E-state index contributed by atoms with van der Waals surface area (Å²) in [6, 6.07) is 6.34. The Morgan fingerprint density at radius 2 is 2.10 bits per heavy atom. The van der Waals surface area contributed by atoms with Crippen LogP contribution in [0.4, 0.5) is 5.95 Å². The zero-order valence-corrected chi connectivity index (χ0v) is 11.4. The molecular formula is C14H14N4O3. The number of hydrogen-bond acceptors (Lipinski definition) is 4. The molecule has 2 N–H and O–H groups in total. The summed E-state index contributed by atoms with van der Waals surface area (Å²) in [4.78, 5) is 22.7. The number of aryl methyl sites for hydroxylation is 1. The van der Waals surface area contributed by atoms with Gasteiger partial charge in [-0.05, 0) is 17.7 Å². The van der Waals surface area contributed by atoms with Gasteiger partial charge in [0.15, 0.2) is 0 Å². The molecule has 0 bridgehead atoms. The third kappa shape index (κ3) is 2.26. The Kier molecular flexibility index (Phi) is 3.17. The molecule has 0 spiro atoms. The van der Waals surface area contributed by atoms with Crippen molar-refractivity contribution in [3.8, 4) is 0 Å². The fourth-order valence-corrected chi connectivity index (χ4v) is 2.53. The van der Waals surface area contributed by atoms with Crippen LogP contribution in [-0.4, -0.2) is 31.7 Å². The first-order chi connectivity index (χ1) is 10.1. The first-order valence-corrected chi connectivity index (χ1v) is 6.67. The third-order valence-corrected chi connectivity index (χ3v) is 3.57. The number of nitrogens with one attached hydrogen (secondary N) is 1. The van der Waals surface area contributed by atoms with Gasteiger partial charge < -0.3 is 5.11 Å². The van der Waals surface area contributed by atoms with Gasteiger partial charge >= 0.3 is 5.97 Å². The molecule has 1 unspecified atom stereocenters. The largest absolute Gasteiger partial charge is 0.478 e. The van der Waals surface area contributed by atoms with Gasteiger partial charge in [-0.25, -0.2) is 4.79 Å². The molecule has 1 aromatic carbocycles. The molecule has 0 saturated carbocycles. The summed E-state index contributed by atoms with van der Waals surface area (Å²) in [7, 11) is 0. The highest BCUT2D eigenvalue weighted by molar-refractivity contribution is 5.91. The molecule has 1 aromatic heterocycles. The van der Waals surface area contributed by atoms with E-state index in [0.717, 1.165) is 11.4 Å². The Hall–Kier alpha value is -2.70. The van der Waals surface area contributed by atoms with Gasteiger partial charge in [-0.15, -0.1) is 10.2 Å².